The molecule has 4 rings (SSSR count). The highest BCUT2D eigenvalue weighted by molar-refractivity contribution is 5.87. The van der Waals surface area contributed by atoms with Crippen molar-refractivity contribution in [2.24, 2.45) is 0 Å². The molecule has 3 aromatic rings. The minimum Gasteiger partial charge on any atom is -0.354 e. The molecule has 8 nitrogen and oxygen atoms in total. The monoisotopic (exact) mass is 338 g/mol. The van der Waals surface area contributed by atoms with E-state index in [9.17, 15) is 0 Å². The second-order valence-electron chi connectivity index (χ2n) is 6.13. The average Bonchev–Trinajstić information content (AvgIpc) is 3.10. The van der Waals surface area contributed by atoms with Gasteiger partial charge in [-0.2, -0.15) is 4.98 Å². The quantitative estimate of drug-likeness (QED) is 0.750. The van der Waals surface area contributed by atoms with E-state index >= 15 is 0 Å². The predicted molar refractivity (Wildman–Crippen MR) is 99.2 cm³/mol. The minimum absolute atomic E-state index is 0.699. The zero-order valence-corrected chi connectivity index (χ0v) is 14.5. The van der Waals surface area contributed by atoms with Crippen LogP contribution in [0, 0.1) is 6.92 Å². The highest BCUT2D eigenvalue weighted by atomic mass is 15.3. The molecule has 1 fully saturated rings. The van der Waals surface area contributed by atoms with Gasteiger partial charge in [-0.25, -0.2) is 15.0 Å². The van der Waals surface area contributed by atoms with Crippen LogP contribution in [0.4, 0.5) is 17.6 Å². The highest BCUT2D eigenvalue weighted by Gasteiger charge is 2.21. The Morgan fingerprint density at radius 1 is 1.12 bits per heavy atom. The summed E-state index contributed by atoms with van der Waals surface area (Å²) in [6.45, 7) is 8.47. The maximum Gasteiger partial charge on any atom is 0.224 e. The summed E-state index contributed by atoms with van der Waals surface area (Å²) < 4.78 is 0. The molecule has 0 aliphatic carbocycles. The maximum atomic E-state index is 4.64. The Bertz CT molecular complexity index is 866. The van der Waals surface area contributed by atoms with Gasteiger partial charge in [0.2, 0.25) is 5.95 Å². The van der Waals surface area contributed by atoms with Gasteiger partial charge in [-0.1, -0.05) is 0 Å². The van der Waals surface area contributed by atoms with Crippen LogP contribution < -0.4 is 15.1 Å². The van der Waals surface area contributed by atoms with Crippen molar-refractivity contribution < 1.29 is 0 Å². The SMILES string of the molecule is CCNc1nc(C)cc(N2CCN(c3ncnc4[nH]ccc34)CC2)n1. The van der Waals surface area contributed by atoms with Gasteiger partial charge in [0.25, 0.3) is 0 Å². The highest BCUT2D eigenvalue weighted by Crippen LogP contribution is 2.24. The normalized spacial score (nSPS) is 15.0. The molecular formula is C17H22N8. The van der Waals surface area contributed by atoms with Crippen LogP contribution in [0.25, 0.3) is 11.0 Å². The summed E-state index contributed by atoms with van der Waals surface area (Å²) in [6, 6.07) is 4.08. The van der Waals surface area contributed by atoms with Gasteiger partial charge in [-0.15, -0.1) is 0 Å². The number of hydrogen-bond donors (Lipinski definition) is 2. The van der Waals surface area contributed by atoms with Crippen molar-refractivity contribution in [3.63, 3.8) is 0 Å². The van der Waals surface area contributed by atoms with Gasteiger partial charge in [-0.05, 0) is 19.9 Å². The van der Waals surface area contributed by atoms with Gasteiger partial charge >= 0.3 is 0 Å². The number of aromatic amines is 1. The molecule has 1 aliphatic rings. The molecule has 0 radical (unpaired) electrons. The number of aromatic nitrogens is 5. The van der Waals surface area contributed by atoms with Crippen molar-refractivity contribution in [1.29, 1.82) is 0 Å². The molecular weight excluding hydrogens is 316 g/mol. The lowest BCUT2D eigenvalue weighted by Gasteiger charge is -2.36. The van der Waals surface area contributed by atoms with Gasteiger partial charge in [0, 0.05) is 50.7 Å². The van der Waals surface area contributed by atoms with E-state index in [1.165, 1.54) is 0 Å². The number of hydrogen-bond acceptors (Lipinski definition) is 7. The Kier molecular flexibility index (Phi) is 4.09. The fourth-order valence-corrected chi connectivity index (χ4v) is 3.21. The first-order valence-corrected chi connectivity index (χ1v) is 8.62. The number of anilines is 3. The molecule has 25 heavy (non-hydrogen) atoms. The van der Waals surface area contributed by atoms with Crippen LogP contribution in [0.15, 0.2) is 24.7 Å². The molecule has 0 bridgehead atoms. The van der Waals surface area contributed by atoms with Crippen molar-refractivity contribution in [3.05, 3.63) is 30.4 Å². The molecule has 0 amide bonds. The number of fused-ring (bicyclic) bond motifs is 1. The molecule has 0 spiro atoms. The van der Waals surface area contributed by atoms with Crippen LogP contribution in [0.5, 0.6) is 0 Å². The molecule has 0 unspecified atom stereocenters. The molecule has 0 saturated carbocycles. The second-order valence-corrected chi connectivity index (χ2v) is 6.13. The fraction of sp³-hybridized carbons (Fsp3) is 0.412. The van der Waals surface area contributed by atoms with E-state index in [1.807, 2.05) is 32.2 Å². The van der Waals surface area contributed by atoms with Gasteiger partial charge < -0.3 is 20.1 Å². The summed E-state index contributed by atoms with van der Waals surface area (Å²) >= 11 is 0. The number of H-pyrrole nitrogens is 1. The predicted octanol–water partition coefficient (Wildman–Crippen LogP) is 1.81. The number of nitrogens with zero attached hydrogens (tertiary/aromatic N) is 6. The molecule has 4 heterocycles. The number of aryl methyl sites for hydroxylation is 1. The van der Waals surface area contributed by atoms with E-state index in [0.717, 1.165) is 61.1 Å². The van der Waals surface area contributed by atoms with Crippen LogP contribution in [-0.2, 0) is 0 Å². The summed E-state index contributed by atoms with van der Waals surface area (Å²) in [6.07, 6.45) is 3.53. The zero-order valence-electron chi connectivity index (χ0n) is 14.5. The zero-order chi connectivity index (χ0) is 17.2. The Morgan fingerprint density at radius 3 is 2.72 bits per heavy atom. The first kappa shape index (κ1) is 15.6. The second kappa shape index (κ2) is 6.54. The molecule has 1 aliphatic heterocycles. The summed E-state index contributed by atoms with van der Waals surface area (Å²) in [7, 11) is 0. The third-order valence-electron chi connectivity index (χ3n) is 4.41. The third-order valence-corrected chi connectivity index (χ3v) is 4.41. The molecule has 0 aromatic carbocycles. The maximum absolute atomic E-state index is 4.64. The van der Waals surface area contributed by atoms with Gasteiger partial charge in [0.1, 0.15) is 23.6 Å². The minimum atomic E-state index is 0.699. The van der Waals surface area contributed by atoms with Crippen LogP contribution in [0.2, 0.25) is 0 Å². The summed E-state index contributed by atoms with van der Waals surface area (Å²) in [5.41, 5.74) is 1.86. The molecule has 3 aromatic heterocycles. The molecule has 130 valence electrons. The van der Waals surface area contributed by atoms with Gasteiger partial charge in [-0.3, -0.25) is 0 Å². The lowest BCUT2D eigenvalue weighted by molar-refractivity contribution is 0.642. The fourth-order valence-electron chi connectivity index (χ4n) is 3.21. The number of nitrogens with one attached hydrogen (secondary N) is 2. The van der Waals surface area contributed by atoms with Crippen molar-refractivity contribution in [2.75, 3.05) is 47.8 Å². The number of piperazine rings is 1. The lowest BCUT2D eigenvalue weighted by atomic mass is 10.2. The lowest BCUT2D eigenvalue weighted by Crippen LogP contribution is -2.47. The van der Waals surface area contributed by atoms with Crippen molar-refractivity contribution >= 4 is 28.6 Å². The Labute approximate surface area is 146 Å². The van der Waals surface area contributed by atoms with Crippen LogP contribution in [-0.4, -0.2) is 57.6 Å². The van der Waals surface area contributed by atoms with Crippen LogP contribution in [0.3, 0.4) is 0 Å². The van der Waals surface area contributed by atoms with Crippen LogP contribution in [0.1, 0.15) is 12.6 Å². The summed E-state index contributed by atoms with van der Waals surface area (Å²) in [5, 5.41) is 4.27. The summed E-state index contributed by atoms with van der Waals surface area (Å²) in [4.78, 5) is 25.6. The van der Waals surface area contributed by atoms with Crippen molar-refractivity contribution in [2.45, 2.75) is 13.8 Å². The first-order chi connectivity index (χ1) is 12.2. The van der Waals surface area contributed by atoms with E-state index in [2.05, 4.69) is 40.0 Å². The third kappa shape index (κ3) is 3.07. The standard InChI is InChI=1S/C17H22N8/c1-3-18-17-22-12(2)10-14(23-17)24-6-8-25(9-7-24)16-13-4-5-19-15(13)20-11-21-16/h4-5,10-11H,3,6-9H2,1-2H3,(H,18,22,23)(H,19,20,21). The molecule has 1 saturated heterocycles. The van der Waals surface area contributed by atoms with Crippen LogP contribution >= 0.6 is 0 Å². The largest absolute Gasteiger partial charge is 0.354 e. The molecule has 0 atom stereocenters. The number of rotatable bonds is 4. The Balaban J connectivity index is 1.51. The average molecular weight is 338 g/mol. The van der Waals surface area contributed by atoms with E-state index in [0.29, 0.717) is 5.95 Å². The van der Waals surface area contributed by atoms with Crippen molar-refractivity contribution in [1.82, 2.24) is 24.9 Å². The molecule has 8 heteroatoms. The Morgan fingerprint density at radius 2 is 1.92 bits per heavy atom. The van der Waals surface area contributed by atoms with E-state index in [4.69, 9.17) is 0 Å². The van der Waals surface area contributed by atoms with Gasteiger partial charge in [0.15, 0.2) is 0 Å². The Hall–Kier alpha value is -2.90. The molecule has 2 N–H and O–H groups in total. The first-order valence-electron chi connectivity index (χ1n) is 8.62. The van der Waals surface area contributed by atoms with Crippen molar-refractivity contribution in [3.8, 4) is 0 Å². The summed E-state index contributed by atoms with van der Waals surface area (Å²) in [5.74, 6) is 2.68. The smallest absolute Gasteiger partial charge is 0.224 e. The van der Waals surface area contributed by atoms with Gasteiger partial charge in [0.05, 0.1) is 5.39 Å². The van der Waals surface area contributed by atoms with E-state index in [1.54, 1.807) is 6.33 Å². The topological polar surface area (TPSA) is 85.9 Å². The van der Waals surface area contributed by atoms with E-state index in [-0.39, 0.29) is 0 Å². The van der Waals surface area contributed by atoms with E-state index < -0.39 is 0 Å².